The van der Waals surface area contributed by atoms with E-state index in [1.165, 1.54) is 6.07 Å². The number of ketones is 1. The number of nitrogens with one attached hydrogen (secondary N) is 1. The van der Waals surface area contributed by atoms with Crippen molar-refractivity contribution in [2.24, 2.45) is 11.1 Å². The Bertz CT molecular complexity index is 949. The Labute approximate surface area is 163 Å². The molecule has 12 heteroatoms. The number of hydrogen-bond acceptors (Lipinski definition) is 8. The van der Waals surface area contributed by atoms with Gasteiger partial charge in [-0.3, -0.25) is 9.59 Å². The van der Waals surface area contributed by atoms with Crippen LogP contribution in [0.25, 0.3) is 0 Å². The van der Waals surface area contributed by atoms with Gasteiger partial charge in [-0.1, -0.05) is 20.8 Å². The molecule has 1 aliphatic rings. The number of nitrogens with zero attached hydrogens (tertiary/aromatic N) is 1. The fourth-order valence-corrected chi connectivity index (χ4v) is 6.93. The van der Waals surface area contributed by atoms with E-state index in [4.69, 9.17) is 5.14 Å². The molecule has 0 spiro atoms. The second-order valence-electron chi connectivity index (χ2n) is 6.51. The summed E-state index contributed by atoms with van der Waals surface area (Å²) in [6.07, 6.45) is -0.272. The summed E-state index contributed by atoms with van der Waals surface area (Å²) in [5.74, 6) is -1.07. The van der Waals surface area contributed by atoms with Crippen LogP contribution in [0.5, 0.6) is 0 Å². The monoisotopic (exact) mass is 437 g/mol. The van der Waals surface area contributed by atoms with Gasteiger partial charge in [-0.2, -0.15) is 0 Å². The van der Waals surface area contributed by atoms with Crippen LogP contribution in [0, 0.1) is 5.92 Å². The van der Waals surface area contributed by atoms with Crippen molar-refractivity contribution in [2.45, 2.75) is 48.1 Å². The van der Waals surface area contributed by atoms with Crippen LogP contribution in [0.1, 0.15) is 45.2 Å². The van der Waals surface area contributed by atoms with Crippen molar-refractivity contribution >= 4 is 43.1 Å². The molecule has 2 heterocycles. The summed E-state index contributed by atoms with van der Waals surface area (Å²) in [6, 6.07) is 0.689. The third-order valence-corrected chi connectivity index (χ3v) is 9.07. The van der Waals surface area contributed by atoms with Crippen LogP contribution in [-0.2, 0) is 29.6 Å². The number of fused-ring (bicyclic) bond motifs is 1. The molecule has 1 amide bonds. The Morgan fingerprint density at radius 1 is 1.37 bits per heavy atom. The molecule has 0 fully saturated rings. The third-order valence-electron chi connectivity index (χ3n) is 4.19. The first-order valence-electron chi connectivity index (χ1n) is 8.37. The van der Waals surface area contributed by atoms with Crippen LogP contribution >= 0.6 is 11.3 Å². The minimum Gasteiger partial charge on any atom is -0.309 e. The van der Waals surface area contributed by atoms with Gasteiger partial charge in [0.25, 0.3) is 10.0 Å². The Kier molecular flexibility index (Phi) is 6.47. The lowest BCUT2D eigenvalue weighted by molar-refractivity contribution is -0.130. The highest BCUT2D eigenvalue weighted by molar-refractivity contribution is 7.94. The molecule has 3 N–H and O–H groups in total. The minimum absolute atomic E-state index is 0.0475. The molecule has 1 aromatic rings. The molecule has 152 valence electrons. The second-order valence-corrected chi connectivity index (χ2v) is 11.4. The van der Waals surface area contributed by atoms with Crippen molar-refractivity contribution < 1.29 is 26.4 Å². The molecule has 1 aliphatic heterocycles. The molecular formula is C15H23N3O6S3. The maximum atomic E-state index is 12.9. The van der Waals surface area contributed by atoms with E-state index >= 15 is 0 Å². The molecule has 0 aromatic carbocycles. The fourth-order valence-electron chi connectivity index (χ4n) is 2.71. The standard InChI is InChI=1S/C15H23N3O6S3/c1-4-17-11-8-18(13(20)6-5-12(19)9(2)3)27(23,24)15-10(11)7-14(25-15)26(16,21)22/h7,9,11,17H,4-6,8H2,1-3H3,(H2,16,21,22). The number of hydrogen-bond donors (Lipinski definition) is 2. The van der Waals surface area contributed by atoms with Crippen molar-refractivity contribution in [3.8, 4) is 0 Å². The van der Waals surface area contributed by atoms with E-state index in [0.29, 0.717) is 17.9 Å². The molecule has 1 unspecified atom stereocenters. The van der Waals surface area contributed by atoms with Crippen LogP contribution in [0.15, 0.2) is 14.5 Å². The number of carbonyl (C=O) groups is 2. The molecule has 0 aliphatic carbocycles. The van der Waals surface area contributed by atoms with E-state index in [2.05, 4.69) is 5.32 Å². The highest BCUT2D eigenvalue weighted by Gasteiger charge is 2.42. The zero-order valence-corrected chi connectivity index (χ0v) is 17.7. The van der Waals surface area contributed by atoms with Gasteiger partial charge in [0, 0.05) is 24.3 Å². The normalized spacial score (nSPS) is 19.1. The number of Topliss-reactive ketones (excluding diaryl/α,β-unsaturated/α-hetero) is 1. The quantitative estimate of drug-likeness (QED) is 0.635. The van der Waals surface area contributed by atoms with E-state index in [-0.39, 0.29) is 45.1 Å². The second kappa shape index (κ2) is 7.95. The summed E-state index contributed by atoms with van der Waals surface area (Å²) in [7, 11) is -8.29. The van der Waals surface area contributed by atoms with Crippen LogP contribution in [0.4, 0.5) is 0 Å². The Morgan fingerprint density at radius 3 is 2.52 bits per heavy atom. The van der Waals surface area contributed by atoms with Gasteiger partial charge in [0.1, 0.15) is 14.2 Å². The Hall–Kier alpha value is -1.34. The maximum Gasteiger partial charge on any atom is 0.276 e. The van der Waals surface area contributed by atoms with Crippen LogP contribution in [0.2, 0.25) is 0 Å². The van der Waals surface area contributed by atoms with Crippen molar-refractivity contribution in [1.82, 2.24) is 9.62 Å². The SMILES string of the molecule is CCNC1CN(C(=O)CCC(=O)C(C)C)S(=O)(=O)c2sc(S(N)(=O)=O)cc21. The largest absolute Gasteiger partial charge is 0.309 e. The number of nitrogens with two attached hydrogens (primary N) is 1. The van der Waals surface area contributed by atoms with E-state index in [0.717, 1.165) is 4.31 Å². The van der Waals surface area contributed by atoms with E-state index in [1.54, 1.807) is 13.8 Å². The molecule has 0 bridgehead atoms. The fraction of sp³-hybridized carbons (Fsp3) is 0.600. The predicted molar refractivity (Wildman–Crippen MR) is 100 cm³/mol. The number of sulfonamides is 2. The van der Waals surface area contributed by atoms with Gasteiger partial charge in [0.15, 0.2) is 0 Å². The molecule has 1 aromatic heterocycles. The first-order valence-corrected chi connectivity index (χ1v) is 12.2. The van der Waals surface area contributed by atoms with Gasteiger partial charge in [0.2, 0.25) is 15.9 Å². The van der Waals surface area contributed by atoms with E-state index in [9.17, 15) is 26.4 Å². The van der Waals surface area contributed by atoms with E-state index < -0.39 is 32.0 Å². The number of amides is 1. The number of rotatable bonds is 7. The summed E-state index contributed by atoms with van der Waals surface area (Å²) in [5, 5.41) is 8.19. The number of primary sulfonamides is 1. The van der Waals surface area contributed by atoms with Gasteiger partial charge in [-0.25, -0.2) is 26.3 Å². The first kappa shape index (κ1) is 22.0. The molecule has 0 radical (unpaired) electrons. The Balaban J connectivity index is 2.41. The molecule has 0 saturated heterocycles. The number of likely N-dealkylation sites (N-methyl/N-ethyl adjacent to an activating group) is 1. The van der Waals surface area contributed by atoms with E-state index in [1.807, 2.05) is 6.92 Å². The van der Waals surface area contributed by atoms with Crippen LogP contribution in [-0.4, -0.2) is 45.9 Å². The van der Waals surface area contributed by atoms with Crippen LogP contribution in [0.3, 0.4) is 0 Å². The average Bonchev–Trinajstić information content (AvgIpc) is 3.01. The molecular weight excluding hydrogens is 414 g/mol. The Morgan fingerprint density at radius 2 is 2.00 bits per heavy atom. The molecule has 27 heavy (non-hydrogen) atoms. The highest BCUT2D eigenvalue weighted by atomic mass is 32.3. The first-order chi connectivity index (χ1) is 12.4. The maximum absolute atomic E-state index is 12.9. The lowest BCUT2D eigenvalue weighted by atomic mass is 10.0. The number of thiophene rings is 1. The average molecular weight is 438 g/mol. The molecule has 1 atom stereocenters. The third kappa shape index (κ3) is 4.57. The van der Waals surface area contributed by atoms with Crippen molar-refractivity contribution in [3.63, 3.8) is 0 Å². The topological polar surface area (TPSA) is 144 Å². The van der Waals surface area contributed by atoms with Gasteiger partial charge in [0.05, 0.1) is 12.6 Å². The molecule has 0 saturated carbocycles. The van der Waals surface area contributed by atoms with Crippen molar-refractivity contribution in [1.29, 1.82) is 0 Å². The van der Waals surface area contributed by atoms with Gasteiger partial charge in [-0.15, -0.1) is 11.3 Å². The smallest absolute Gasteiger partial charge is 0.276 e. The summed E-state index contributed by atoms with van der Waals surface area (Å²) < 4.78 is 49.3. The zero-order chi connectivity index (χ0) is 20.6. The summed E-state index contributed by atoms with van der Waals surface area (Å²) >= 11 is 0.528. The summed E-state index contributed by atoms with van der Waals surface area (Å²) in [6.45, 7) is 5.54. The molecule has 2 rings (SSSR count). The summed E-state index contributed by atoms with van der Waals surface area (Å²) in [5.41, 5.74) is 0.285. The summed E-state index contributed by atoms with van der Waals surface area (Å²) in [4.78, 5) is 24.3. The lowest BCUT2D eigenvalue weighted by Gasteiger charge is -2.32. The highest BCUT2D eigenvalue weighted by Crippen LogP contribution is 2.40. The van der Waals surface area contributed by atoms with Crippen molar-refractivity contribution in [3.05, 3.63) is 11.6 Å². The predicted octanol–water partition coefficient (Wildman–Crippen LogP) is 0.582. The zero-order valence-electron chi connectivity index (χ0n) is 15.3. The van der Waals surface area contributed by atoms with Gasteiger partial charge in [-0.05, 0) is 12.6 Å². The van der Waals surface area contributed by atoms with Crippen molar-refractivity contribution in [2.75, 3.05) is 13.1 Å². The van der Waals surface area contributed by atoms with Gasteiger partial charge >= 0.3 is 0 Å². The minimum atomic E-state index is -4.21. The molecule has 9 nitrogen and oxygen atoms in total. The number of carbonyl (C=O) groups excluding carboxylic acids is 2. The van der Waals surface area contributed by atoms with Crippen LogP contribution < -0.4 is 10.5 Å². The van der Waals surface area contributed by atoms with Gasteiger partial charge < -0.3 is 5.32 Å². The lowest BCUT2D eigenvalue weighted by Crippen LogP contribution is -2.46.